The number of hydrogen-bond donors (Lipinski definition) is 2. The first-order valence-electron chi connectivity index (χ1n) is 3.22. The Hall–Kier alpha value is -0.520. The van der Waals surface area contributed by atoms with Gasteiger partial charge in [0.1, 0.15) is 0 Å². The number of nitrogens with two attached hydrogens (primary N) is 1. The van der Waals surface area contributed by atoms with Gasteiger partial charge in [-0.3, -0.25) is 11.3 Å². The summed E-state index contributed by atoms with van der Waals surface area (Å²) in [6, 6.07) is 2.17. The third-order valence-corrected chi connectivity index (χ3v) is 2.12. The van der Waals surface area contributed by atoms with E-state index in [-0.39, 0.29) is 6.54 Å². The third kappa shape index (κ3) is 2.00. The predicted octanol–water partition coefficient (Wildman–Crippen LogP) is 1.69. The molecule has 1 aromatic carbocycles. The van der Waals surface area contributed by atoms with Crippen LogP contribution in [0.15, 0.2) is 16.6 Å². The molecule has 0 aliphatic heterocycles. The summed E-state index contributed by atoms with van der Waals surface area (Å²) in [5.41, 5.74) is 2.93. The van der Waals surface area contributed by atoms with Gasteiger partial charge >= 0.3 is 0 Å². The minimum atomic E-state index is -0.873. The van der Waals surface area contributed by atoms with Gasteiger partial charge in [-0.2, -0.15) is 0 Å². The first kappa shape index (κ1) is 9.57. The van der Waals surface area contributed by atoms with E-state index >= 15 is 0 Å². The summed E-state index contributed by atoms with van der Waals surface area (Å²) >= 11 is 3.08. The fourth-order valence-electron chi connectivity index (χ4n) is 0.809. The summed E-state index contributed by atoms with van der Waals surface area (Å²) in [4.78, 5) is 0. The second-order valence-corrected chi connectivity index (χ2v) is 3.09. The van der Waals surface area contributed by atoms with Gasteiger partial charge in [0.05, 0.1) is 0 Å². The van der Waals surface area contributed by atoms with Gasteiger partial charge in [-0.05, 0) is 17.7 Å². The standard InChI is InChI=1S/C7H7BrF2N2/c8-5-2-7(10)6(9)1-4(5)3-12-11/h1-2,12H,3,11H2. The van der Waals surface area contributed by atoms with Crippen molar-refractivity contribution >= 4 is 15.9 Å². The fourth-order valence-corrected chi connectivity index (χ4v) is 1.26. The predicted molar refractivity (Wildman–Crippen MR) is 45.1 cm³/mol. The first-order chi connectivity index (χ1) is 5.65. The maximum atomic E-state index is 12.6. The van der Waals surface area contributed by atoms with Gasteiger partial charge in [-0.25, -0.2) is 8.78 Å². The van der Waals surface area contributed by atoms with Gasteiger partial charge in [0.25, 0.3) is 0 Å². The van der Waals surface area contributed by atoms with Gasteiger partial charge in [0.15, 0.2) is 11.6 Å². The zero-order valence-electron chi connectivity index (χ0n) is 6.07. The molecule has 0 spiro atoms. The summed E-state index contributed by atoms with van der Waals surface area (Å²) in [5, 5.41) is 0. The smallest absolute Gasteiger partial charge is 0.159 e. The lowest BCUT2D eigenvalue weighted by atomic mass is 10.2. The topological polar surface area (TPSA) is 38.0 Å². The number of benzene rings is 1. The average Bonchev–Trinajstić information content (AvgIpc) is 2.01. The van der Waals surface area contributed by atoms with Gasteiger partial charge in [0.2, 0.25) is 0 Å². The lowest BCUT2D eigenvalue weighted by Gasteiger charge is -2.03. The molecule has 0 aromatic heterocycles. The van der Waals surface area contributed by atoms with Crippen LogP contribution in [-0.2, 0) is 6.54 Å². The van der Waals surface area contributed by atoms with Gasteiger partial charge in [-0.1, -0.05) is 15.9 Å². The molecule has 1 rings (SSSR count). The van der Waals surface area contributed by atoms with E-state index in [0.717, 1.165) is 12.1 Å². The Labute approximate surface area is 76.9 Å². The highest BCUT2D eigenvalue weighted by Crippen LogP contribution is 2.20. The molecular formula is C7H7BrF2N2. The molecular weight excluding hydrogens is 230 g/mol. The van der Waals surface area contributed by atoms with Crippen LogP contribution in [0.3, 0.4) is 0 Å². The molecule has 0 aliphatic rings. The monoisotopic (exact) mass is 236 g/mol. The molecule has 0 unspecified atom stereocenters. The molecule has 66 valence electrons. The first-order valence-corrected chi connectivity index (χ1v) is 4.01. The van der Waals surface area contributed by atoms with Gasteiger partial charge in [-0.15, -0.1) is 0 Å². The highest BCUT2D eigenvalue weighted by molar-refractivity contribution is 9.10. The van der Waals surface area contributed by atoms with Crippen molar-refractivity contribution in [3.8, 4) is 0 Å². The van der Waals surface area contributed by atoms with Crippen LogP contribution in [0.4, 0.5) is 8.78 Å². The summed E-state index contributed by atoms with van der Waals surface area (Å²) in [5.74, 6) is 3.29. The molecule has 0 aliphatic carbocycles. The van der Waals surface area contributed by atoms with E-state index in [1.165, 1.54) is 0 Å². The lowest BCUT2D eigenvalue weighted by Crippen LogP contribution is -2.21. The SMILES string of the molecule is NNCc1cc(F)c(F)cc1Br. The molecule has 12 heavy (non-hydrogen) atoms. The average molecular weight is 237 g/mol. The minimum absolute atomic E-state index is 0.289. The van der Waals surface area contributed by atoms with E-state index in [1.807, 2.05) is 0 Å². The number of nitrogens with one attached hydrogen (secondary N) is 1. The Bertz CT molecular complexity index is 291. The molecule has 0 radical (unpaired) electrons. The van der Waals surface area contributed by atoms with Crippen LogP contribution in [0, 0.1) is 11.6 Å². The van der Waals surface area contributed by atoms with Crippen molar-refractivity contribution in [3.63, 3.8) is 0 Å². The van der Waals surface area contributed by atoms with Crippen molar-refractivity contribution in [2.45, 2.75) is 6.54 Å². The molecule has 0 amide bonds. The molecule has 0 saturated carbocycles. The van der Waals surface area contributed by atoms with Crippen molar-refractivity contribution in [2.24, 2.45) is 5.84 Å². The van der Waals surface area contributed by atoms with Crippen molar-refractivity contribution in [2.75, 3.05) is 0 Å². The van der Waals surface area contributed by atoms with E-state index in [4.69, 9.17) is 5.84 Å². The molecule has 0 atom stereocenters. The van der Waals surface area contributed by atoms with Crippen LogP contribution in [0.25, 0.3) is 0 Å². The van der Waals surface area contributed by atoms with Crippen LogP contribution >= 0.6 is 15.9 Å². The molecule has 3 N–H and O–H groups in total. The van der Waals surface area contributed by atoms with Crippen molar-refractivity contribution in [1.82, 2.24) is 5.43 Å². The van der Waals surface area contributed by atoms with E-state index in [0.29, 0.717) is 10.0 Å². The van der Waals surface area contributed by atoms with E-state index in [2.05, 4.69) is 21.4 Å². The highest BCUT2D eigenvalue weighted by atomic mass is 79.9. The second-order valence-electron chi connectivity index (χ2n) is 2.24. The summed E-state index contributed by atoms with van der Waals surface area (Å²) < 4.78 is 25.7. The molecule has 1 aromatic rings. The Kier molecular flexibility index (Phi) is 3.13. The molecule has 0 heterocycles. The Morgan fingerprint density at radius 3 is 2.50 bits per heavy atom. The minimum Gasteiger partial charge on any atom is -0.271 e. The quantitative estimate of drug-likeness (QED) is 0.466. The maximum absolute atomic E-state index is 12.6. The van der Waals surface area contributed by atoms with E-state index in [1.54, 1.807) is 0 Å². The lowest BCUT2D eigenvalue weighted by molar-refractivity contribution is 0.505. The Morgan fingerprint density at radius 2 is 1.92 bits per heavy atom. The van der Waals surface area contributed by atoms with Gasteiger partial charge < -0.3 is 0 Å². The number of halogens is 3. The van der Waals surface area contributed by atoms with Crippen molar-refractivity contribution in [1.29, 1.82) is 0 Å². The Balaban J connectivity index is 3.05. The van der Waals surface area contributed by atoms with E-state index < -0.39 is 11.6 Å². The van der Waals surface area contributed by atoms with Crippen LogP contribution < -0.4 is 11.3 Å². The molecule has 5 heteroatoms. The van der Waals surface area contributed by atoms with E-state index in [9.17, 15) is 8.78 Å². The summed E-state index contributed by atoms with van der Waals surface area (Å²) in [7, 11) is 0. The van der Waals surface area contributed by atoms with Crippen LogP contribution in [0.2, 0.25) is 0 Å². The normalized spacial score (nSPS) is 10.3. The number of hydrazine groups is 1. The molecule has 0 fully saturated rings. The summed E-state index contributed by atoms with van der Waals surface area (Å²) in [6.45, 7) is 0.289. The zero-order valence-corrected chi connectivity index (χ0v) is 7.66. The van der Waals surface area contributed by atoms with Crippen LogP contribution in [-0.4, -0.2) is 0 Å². The fraction of sp³-hybridized carbons (Fsp3) is 0.143. The number of rotatable bonds is 2. The largest absolute Gasteiger partial charge is 0.271 e. The number of hydrogen-bond acceptors (Lipinski definition) is 2. The van der Waals surface area contributed by atoms with Crippen molar-refractivity contribution < 1.29 is 8.78 Å². The molecule has 0 bridgehead atoms. The maximum Gasteiger partial charge on any atom is 0.159 e. The molecule has 2 nitrogen and oxygen atoms in total. The second kappa shape index (κ2) is 3.93. The van der Waals surface area contributed by atoms with Crippen LogP contribution in [0.5, 0.6) is 0 Å². The van der Waals surface area contributed by atoms with Crippen molar-refractivity contribution in [3.05, 3.63) is 33.8 Å². The van der Waals surface area contributed by atoms with Gasteiger partial charge in [0, 0.05) is 11.0 Å². The zero-order chi connectivity index (χ0) is 9.14. The summed E-state index contributed by atoms with van der Waals surface area (Å²) in [6.07, 6.45) is 0. The Morgan fingerprint density at radius 1 is 1.33 bits per heavy atom. The van der Waals surface area contributed by atoms with Crippen LogP contribution in [0.1, 0.15) is 5.56 Å². The highest BCUT2D eigenvalue weighted by Gasteiger charge is 2.06. The third-order valence-electron chi connectivity index (χ3n) is 1.38. The molecule has 0 saturated heterocycles.